The summed E-state index contributed by atoms with van der Waals surface area (Å²) in [6.45, 7) is 3.94. The van der Waals surface area contributed by atoms with Crippen molar-refractivity contribution in [3.05, 3.63) is 41.4 Å². The molecular formula is C15H18ClN5. The monoisotopic (exact) mass is 303 g/mol. The molecule has 2 aromatic rings. The van der Waals surface area contributed by atoms with E-state index in [9.17, 15) is 0 Å². The van der Waals surface area contributed by atoms with Gasteiger partial charge in [0.15, 0.2) is 0 Å². The second kappa shape index (κ2) is 6.26. The molecule has 3 rings (SSSR count). The molecule has 1 saturated heterocycles. The van der Waals surface area contributed by atoms with Gasteiger partial charge in [-0.05, 0) is 31.9 Å². The molecule has 0 unspecified atom stereocenters. The van der Waals surface area contributed by atoms with Gasteiger partial charge in [0.2, 0.25) is 0 Å². The molecule has 0 bridgehead atoms. The van der Waals surface area contributed by atoms with Gasteiger partial charge in [0.25, 0.3) is 0 Å². The number of pyridine rings is 1. The van der Waals surface area contributed by atoms with Gasteiger partial charge < -0.3 is 10.2 Å². The van der Waals surface area contributed by atoms with Crippen molar-refractivity contribution in [2.75, 3.05) is 23.3 Å². The minimum Gasteiger partial charge on any atom is -0.367 e. The van der Waals surface area contributed by atoms with Gasteiger partial charge in [-0.2, -0.15) is 0 Å². The molecule has 21 heavy (non-hydrogen) atoms. The first-order valence-electron chi connectivity index (χ1n) is 7.12. The third-order valence-corrected chi connectivity index (χ3v) is 3.91. The SMILES string of the molecule is Cc1cc(NC2CCN(c3ccc(Cl)cn3)CC2)ncn1. The van der Waals surface area contributed by atoms with Crippen LogP contribution in [-0.2, 0) is 0 Å². The summed E-state index contributed by atoms with van der Waals surface area (Å²) in [5, 5.41) is 4.16. The lowest BCUT2D eigenvalue weighted by molar-refractivity contribution is 0.522. The van der Waals surface area contributed by atoms with E-state index in [1.807, 2.05) is 25.1 Å². The number of hydrogen-bond acceptors (Lipinski definition) is 5. The Labute approximate surface area is 129 Å². The minimum absolute atomic E-state index is 0.447. The third-order valence-electron chi connectivity index (χ3n) is 3.69. The normalized spacial score (nSPS) is 16.0. The molecule has 0 spiro atoms. The zero-order valence-corrected chi connectivity index (χ0v) is 12.7. The van der Waals surface area contributed by atoms with Crippen LogP contribution in [0.2, 0.25) is 5.02 Å². The highest BCUT2D eigenvalue weighted by Gasteiger charge is 2.20. The molecule has 0 amide bonds. The number of aryl methyl sites for hydroxylation is 1. The predicted octanol–water partition coefficient (Wildman–Crippen LogP) is 2.91. The highest BCUT2D eigenvalue weighted by atomic mass is 35.5. The fraction of sp³-hybridized carbons (Fsp3) is 0.400. The first-order valence-corrected chi connectivity index (χ1v) is 7.50. The van der Waals surface area contributed by atoms with E-state index in [0.29, 0.717) is 11.1 Å². The molecule has 2 aromatic heterocycles. The van der Waals surface area contributed by atoms with Gasteiger partial charge >= 0.3 is 0 Å². The molecule has 0 atom stereocenters. The summed E-state index contributed by atoms with van der Waals surface area (Å²) in [5.74, 6) is 1.90. The molecule has 1 aliphatic heterocycles. The standard InChI is InChI=1S/C15H18ClN5/c1-11-8-14(19-10-18-11)20-13-4-6-21(7-5-13)15-3-2-12(16)9-17-15/h2-3,8-10,13H,4-7H2,1H3,(H,18,19,20). The van der Waals surface area contributed by atoms with Crippen molar-refractivity contribution in [2.24, 2.45) is 0 Å². The highest BCUT2D eigenvalue weighted by Crippen LogP contribution is 2.21. The Bertz CT molecular complexity index is 593. The number of piperidine rings is 1. The molecule has 0 saturated carbocycles. The number of anilines is 2. The fourth-order valence-electron chi connectivity index (χ4n) is 2.55. The van der Waals surface area contributed by atoms with Crippen LogP contribution in [0, 0.1) is 6.92 Å². The average Bonchev–Trinajstić information content (AvgIpc) is 2.49. The van der Waals surface area contributed by atoms with E-state index in [4.69, 9.17) is 11.6 Å². The summed E-state index contributed by atoms with van der Waals surface area (Å²) in [6, 6.07) is 6.29. The molecule has 1 fully saturated rings. The second-order valence-electron chi connectivity index (χ2n) is 5.28. The maximum Gasteiger partial charge on any atom is 0.129 e. The Hall–Kier alpha value is -1.88. The molecule has 6 heteroatoms. The van der Waals surface area contributed by atoms with Crippen molar-refractivity contribution in [1.29, 1.82) is 0 Å². The Balaban J connectivity index is 1.56. The predicted molar refractivity (Wildman–Crippen MR) is 84.9 cm³/mol. The van der Waals surface area contributed by atoms with Crippen molar-refractivity contribution >= 4 is 23.2 Å². The van der Waals surface area contributed by atoms with Gasteiger partial charge in [-0.25, -0.2) is 15.0 Å². The van der Waals surface area contributed by atoms with Crippen molar-refractivity contribution in [2.45, 2.75) is 25.8 Å². The zero-order valence-electron chi connectivity index (χ0n) is 12.0. The maximum absolute atomic E-state index is 5.87. The number of nitrogens with zero attached hydrogens (tertiary/aromatic N) is 4. The maximum atomic E-state index is 5.87. The van der Waals surface area contributed by atoms with Gasteiger partial charge in [-0.15, -0.1) is 0 Å². The summed E-state index contributed by atoms with van der Waals surface area (Å²) < 4.78 is 0. The first-order chi connectivity index (χ1) is 10.2. The molecule has 0 aliphatic carbocycles. The Morgan fingerprint density at radius 3 is 2.67 bits per heavy atom. The van der Waals surface area contributed by atoms with Crippen LogP contribution >= 0.6 is 11.6 Å². The zero-order chi connectivity index (χ0) is 14.7. The molecule has 1 aliphatic rings. The molecular weight excluding hydrogens is 286 g/mol. The molecule has 3 heterocycles. The van der Waals surface area contributed by atoms with Gasteiger partial charge in [-0.3, -0.25) is 0 Å². The first kappa shape index (κ1) is 14.1. The lowest BCUT2D eigenvalue weighted by atomic mass is 10.1. The van der Waals surface area contributed by atoms with E-state index in [0.717, 1.165) is 43.3 Å². The number of nitrogens with one attached hydrogen (secondary N) is 1. The fourth-order valence-corrected chi connectivity index (χ4v) is 2.66. The summed E-state index contributed by atoms with van der Waals surface area (Å²) in [5.41, 5.74) is 0.982. The number of hydrogen-bond donors (Lipinski definition) is 1. The summed E-state index contributed by atoms with van der Waals surface area (Å²) >= 11 is 5.87. The van der Waals surface area contributed by atoms with Crippen LogP contribution in [0.1, 0.15) is 18.5 Å². The molecule has 5 nitrogen and oxygen atoms in total. The van der Waals surface area contributed by atoms with Gasteiger partial charge in [0, 0.05) is 37.1 Å². The van der Waals surface area contributed by atoms with E-state index in [1.54, 1.807) is 12.5 Å². The molecule has 0 aromatic carbocycles. The largest absolute Gasteiger partial charge is 0.367 e. The number of aromatic nitrogens is 3. The van der Waals surface area contributed by atoms with Crippen molar-refractivity contribution in [3.63, 3.8) is 0 Å². The number of rotatable bonds is 3. The van der Waals surface area contributed by atoms with Crippen molar-refractivity contribution < 1.29 is 0 Å². The third kappa shape index (κ3) is 3.61. The smallest absolute Gasteiger partial charge is 0.129 e. The topological polar surface area (TPSA) is 53.9 Å². The average molecular weight is 304 g/mol. The Morgan fingerprint density at radius 1 is 1.19 bits per heavy atom. The Morgan fingerprint density at radius 2 is 2.00 bits per heavy atom. The van der Waals surface area contributed by atoms with E-state index < -0.39 is 0 Å². The Kier molecular flexibility index (Phi) is 4.20. The van der Waals surface area contributed by atoms with Crippen LogP contribution in [-0.4, -0.2) is 34.1 Å². The molecule has 1 N–H and O–H groups in total. The summed E-state index contributed by atoms with van der Waals surface area (Å²) in [6.07, 6.45) is 5.43. The summed E-state index contributed by atoms with van der Waals surface area (Å²) in [4.78, 5) is 15.0. The molecule has 0 radical (unpaired) electrons. The van der Waals surface area contributed by atoms with Crippen LogP contribution in [0.15, 0.2) is 30.7 Å². The lowest BCUT2D eigenvalue weighted by Crippen LogP contribution is -2.39. The highest BCUT2D eigenvalue weighted by molar-refractivity contribution is 6.30. The van der Waals surface area contributed by atoms with Crippen LogP contribution in [0.25, 0.3) is 0 Å². The molecule has 110 valence electrons. The minimum atomic E-state index is 0.447. The summed E-state index contributed by atoms with van der Waals surface area (Å²) in [7, 11) is 0. The van der Waals surface area contributed by atoms with Crippen LogP contribution < -0.4 is 10.2 Å². The lowest BCUT2D eigenvalue weighted by Gasteiger charge is -2.33. The van der Waals surface area contributed by atoms with E-state index in [1.165, 1.54) is 0 Å². The van der Waals surface area contributed by atoms with Crippen molar-refractivity contribution in [1.82, 2.24) is 15.0 Å². The van der Waals surface area contributed by atoms with E-state index >= 15 is 0 Å². The quantitative estimate of drug-likeness (QED) is 0.945. The van der Waals surface area contributed by atoms with Crippen LogP contribution in [0.5, 0.6) is 0 Å². The second-order valence-corrected chi connectivity index (χ2v) is 5.72. The number of halogens is 1. The van der Waals surface area contributed by atoms with Crippen molar-refractivity contribution in [3.8, 4) is 0 Å². The van der Waals surface area contributed by atoms with Gasteiger partial charge in [-0.1, -0.05) is 11.6 Å². The van der Waals surface area contributed by atoms with E-state index in [2.05, 4.69) is 25.2 Å². The van der Waals surface area contributed by atoms with E-state index in [-0.39, 0.29) is 0 Å². The van der Waals surface area contributed by atoms with Crippen LogP contribution in [0.4, 0.5) is 11.6 Å². The van der Waals surface area contributed by atoms with Gasteiger partial charge in [0.1, 0.15) is 18.0 Å². The van der Waals surface area contributed by atoms with Gasteiger partial charge in [0.05, 0.1) is 5.02 Å². The van der Waals surface area contributed by atoms with Crippen LogP contribution in [0.3, 0.4) is 0 Å².